The van der Waals surface area contributed by atoms with E-state index in [9.17, 15) is 19.8 Å². The van der Waals surface area contributed by atoms with E-state index in [4.69, 9.17) is 19.3 Å². The monoisotopic (exact) mass is 264 g/mol. The largest absolute Gasteiger partial charge is 0.456 e. The molecule has 1 saturated heterocycles. The third-order valence-electron chi connectivity index (χ3n) is 2.42. The predicted octanol–water partition coefficient (Wildman–Crippen LogP) is -2.08. The van der Waals surface area contributed by atoms with Gasteiger partial charge < -0.3 is 29.5 Å². The maximum absolute atomic E-state index is 10.9. The number of esters is 2. The van der Waals surface area contributed by atoms with Crippen molar-refractivity contribution in [3.05, 3.63) is 0 Å². The van der Waals surface area contributed by atoms with Crippen LogP contribution in [0.2, 0.25) is 0 Å². The summed E-state index contributed by atoms with van der Waals surface area (Å²) in [7, 11) is 0. The zero-order valence-electron chi connectivity index (χ0n) is 9.98. The molecule has 0 spiro atoms. The molecule has 1 rings (SSSR count). The molecule has 1 heterocycles. The maximum atomic E-state index is 10.9. The molecule has 0 bridgehead atoms. The Kier molecular flexibility index (Phi) is 5.03. The van der Waals surface area contributed by atoms with E-state index in [0.29, 0.717) is 0 Å². The Labute approximate surface area is 103 Å². The molecule has 1 aliphatic rings. The third-order valence-corrected chi connectivity index (χ3v) is 2.42. The van der Waals surface area contributed by atoms with Crippen molar-refractivity contribution in [3.8, 4) is 0 Å². The van der Waals surface area contributed by atoms with Gasteiger partial charge in [-0.2, -0.15) is 0 Å². The molecule has 0 aliphatic carbocycles. The highest BCUT2D eigenvalue weighted by Gasteiger charge is 2.48. The van der Waals surface area contributed by atoms with Gasteiger partial charge in [0.05, 0.1) is 6.61 Å². The van der Waals surface area contributed by atoms with Gasteiger partial charge >= 0.3 is 11.9 Å². The van der Waals surface area contributed by atoms with E-state index in [1.54, 1.807) is 0 Å². The Hall–Kier alpha value is -1.22. The second-order valence-electron chi connectivity index (χ2n) is 3.89. The highest BCUT2D eigenvalue weighted by atomic mass is 16.7. The summed E-state index contributed by atoms with van der Waals surface area (Å²) in [5, 5.41) is 28.1. The van der Waals surface area contributed by atoms with Gasteiger partial charge in [0.25, 0.3) is 0 Å². The van der Waals surface area contributed by atoms with Crippen LogP contribution >= 0.6 is 0 Å². The standard InChI is InChI=1S/C10H16O8/c1-4(12)16-8-6(3-11)18-10(15)7(14)9(8)17-5(2)13/h6-11,14-15H,3H2,1-2H3/t6-,7-,8-,9-,10-/m1/s1. The van der Waals surface area contributed by atoms with Gasteiger partial charge in [-0.15, -0.1) is 0 Å². The van der Waals surface area contributed by atoms with Crippen LogP contribution in [0.4, 0.5) is 0 Å². The molecule has 0 aromatic carbocycles. The second kappa shape index (κ2) is 6.10. The number of carbonyl (C=O) groups excluding carboxylic acids is 2. The quantitative estimate of drug-likeness (QED) is 0.496. The summed E-state index contributed by atoms with van der Waals surface area (Å²) >= 11 is 0. The van der Waals surface area contributed by atoms with Gasteiger partial charge in [-0.3, -0.25) is 9.59 Å². The molecule has 8 heteroatoms. The molecule has 1 fully saturated rings. The molecular weight excluding hydrogens is 248 g/mol. The second-order valence-corrected chi connectivity index (χ2v) is 3.89. The zero-order chi connectivity index (χ0) is 13.9. The summed E-state index contributed by atoms with van der Waals surface area (Å²) in [6.07, 6.45) is -6.78. The number of hydrogen-bond donors (Lipinski definition) is 3. The Morgan fingerprint density at radius 1 is 1.11 bits per heavy atom. The minimum absolute atomic E-state index is 0.570. The molecule has 104 valence electrons. The van der Waals surface area contributed by atoms with E-state index in [1.165, 1.54) is 0 Å². The molecule has 0 radical (unpaired) electrons. The average Bonchev–Trinajstić information content (AvgIpc) is 2.27. The normalized spacial score (nSPS) is 35.9. The fourth-order valence-corrected chi connectivity index (χ4v) is 1.72. The fourth-order valence-electron chi connectivity index (χ4n) is 1.72. The lowest BCUT2D eigenvalue weighted by Gasteiger charge is -2.40. The van der Waals surface area contributed by atoms with Crippen LogP contribution in [0.15, 0.2) is 0 Å². The SMILES string of the molecule is CC(=O)O[C@@H]1[C@@H](O)[C@H](O)O[C@H](CO)[C@H]1OC(C)=O. The molecule has 18 heavy (non-hydrogen) atoms. The van der Waals surface area contributed by atoms with Crippen molar-refractivity contribution >= 4 is 11.9 Å². The molecule has 0 saturated carbocycles. The predicted molar refractivity (Wildman–Crippen MR) is 55.1 cm³/mol. The van der Waals surface area contributed by atoms with Crippen molar-refractivity contribution in [1.29, 1.82) is 0 Å². The first-order valence-electron chi connectivity index (χ1n) is 5.33. The first-order valence-corrected chi connectivity index (χ1v) is 5.33. The highest BCUT2D eigenvalue weighted by Crippen LogP contribution is 2.25. The molecule has 1 aliphatic heterocycles. The number of aliphatic hydroxyl groups is 3. The Morgan fingerprint density at radius 2 is 1.61 bits per heavy atom. The molecule has 3 N–H and O–H groups in total. The summed E-state index contributed by atoms with van der Waals surface area (Å²) in [5.74, 6) is -1.41. The van der Waals surface area contributed by atoms with E-state index < -0.39 is 49.3 Å². The van der Waals surface area contributed by atoms with Gasteiger partial charge in [-0.25, -0.2) is 0 Å². The number of ether oxygens (including phenoxy) is 3. The van der Waals surface area contributed by atoms with Crippen LogP contribution < -0.4 is 0 Å². The van der Waals surface area contributed by atoms with Crippen LogP contribution in [0.3, 0.4) is 0 Å². The minimum Gasteiger partial charge on any atom is -0.456 e. The zero-order valence-corrected chi connectivity index (χ0v) is 9.98. The first-order chi connectivity index (χ1) is 8.36. The van der Waals surface area contributed by atoms with Crippen molar-refractivity contribution in [3.63, 3.8) is 0 Å². The molecule has 0 aromatic rings. The Bertz CT molecular complexity index is 301. The number of aliphatic hydroxyl groups excluding tert-OH is 3. The fraction of sp³-hybridized carbons (Fsp3) is 0.800. The van der Waals surface area contributed by atoms with Crippen molar-refractivity contribution in [2.75, 3.05) is 6.61 Å². The van der Waals surface area contributed by atoms with E-state index in [-0.39, 0.29) is 0 Å². The first kappa shape index (κ1) is 14.8. The van der Waals surface area contributed by atoms with Crippen molar-refractivity contribution in [2.24, 2.45) is 0 Å². The Morgan fingerprint density at radius 3 is 2.06 bits per heavy atom. The molecule has 8 nitrogen and oxygen atoms in total. The van der Waals surface area contributed by atoms with Crippen LogP contribution in [0.1, 0.15) is 13.8 Å². The summed E-state index contributed by atoms with van der Waals surface area (Å²) < 4.78 is 14.5. The van der Waals surface area contributed by atoms with Gasteiger partial charge in [-0.05, 0) is 0 Å². The van der Waals surface area contributed by atoms with Crippen molar-refractivity contribution in [2.45, 2.75) is 44.6 Å². The van der Waals surface area contributed by atoms with Crippen LogP contribution in [-0.2, 0) is 23.8 Å². The van der Waals surface area contributed by atoms with E-state index in [2.05, 4.69) is 0 Å². The van der Waals surface area contributed by atoms with E-state index in [1.807, 2.05) is 0 Å². The number of carbonyl (C=O) groups is 2. The van der Waals surface area contributed by atoms with Crippen LogP contribution in [0.5, 0.6) is 0 Å². The van der Waals surface area contributed by atoms with E-state index >= 15 is 0 Å². The maximum Gasteiger partial charge on any atom is 0.303 e. The summed E-state index contributed by atoms with van der Waals surface area (Å²) in [6.45, 7) is 1.66. The Balaban J connectivity index is 2.92. The lowest BCUT2D eigenvalue weighted by molar-refractivity contribution is -0.292. The number of hydrogen-bond acceptors (Lipinski definition) is 8. The molecule has 0 amide bonds. The topological polar surface area (TPSA) is 123 Å². The van der Waals surface area contributed by atoms with Crippen LogP contribution in [-0.4, -0.2) is 64.6 Å². The molecule has 0 aromatic heterocycles. The lowest BCUT2D eigenvalue weighted by Crippen LogP contribution is -2.61. The lowest BCUT2D eigenvalue weighted by atomic mass is 9.98. The van der Waals surface area contributed by atoms with Gasteiger partial charge in [-0.1, -0.05) is 0 Å². The van der Waals surface area contributed by atoms with Crippen LogP contribution in [0.25, 0.3) is 0 Å². The van der Waals surface area contributed by atoms with Gasteiger partial charge in [0.15, 0.2) is 18.5 Å². The highest BCUT2D eigenvalue weighted by molar-refractivity contribution is 5.67. The van der Waals surface area contributed by atoms with Gasteiger partial charge in [0, 0.05) is 13.8 Å². The minimum atomic E-state index is -1.64. The van der Waals surface area contributed by atoms with Crippen LogP contribution in [0, 0.1) is 0 Å². The van der Waals surface area contributed by atoms with E-state index in [0.717, 1.165) is 13.8 Å². The average molecular weight is 264 g/mol. The molecular formula is C10H16O8. The summed E-state index contributed by atoms with van der Waals surface area (Å²) in [5.41, 5.74) is 0. The van der Waals surface area contributed by atoms with Crippen molar-refractivity contribution in [1.82, 2.24) is 0 Å². The smallest absolute Gasteiger partial charge is 0.303 e. The third kappa shape index (κ3) is 3.39. The number of rotatable bonds is 3. The van der Waals surface area contributed by atoms with Gasteiger partial charge in [0.2, 0.25) is 0 Å². The molecule has 0 unspecified atom stereocenters. The van der Waals surface area contributed by atoms with Gasteiger partial charge in [0.1, 0.15) is 12.2 Å². The summed E-state index contributed by atoms with van der Waals surface area (Å²) in [6, 6.07) is 0. The molecule has 5 atom stereocenters. The summed E-state index contributed by atoms with van der Waals surface area (Å²) in [4.78, 5) is 21.9. The van der Waals surface area contributed by atoms with Crippen molar-refractivity contribution < 1.29 is 39.1 Å².